The molecule has 0 atom stereocenters. The van der Waals surface area contributed by atoms with E-state index in [-0.39, 0.29) is 22.9 Å². The fourth-order valence-corrected chi connectivity index (χ4v) is 0.945. The molecule has 2 rings (SSSR count). The Morgan fingerprint density at radius 1 is 1.00 bits per heavy atom. The SMILES string of the molecule is [CH2-]C(=O)c1ccccc1.[Mn+2].c1cc[cH-]c1. The molecule has 0 spiro atoms. The summed E-state index contributed by atoms with van der Waals surface area (Å²) in [6, 6.07) is 19.0. The Bertz CT molecular complexity index is 334. The number of benzene rings is 1. The molecule has 2 aromatic carbocycles. The van der Waals surface area contributed by atoms with Crippen molar-refractivity contribution < 1.29 is 21.9 Å². The van der Waals surface area contributed by atoms with E-state index >= 15 is 0 Å². The third-order valence-corrected chi connectivity index (χ3v) is 1.65. The molecule has 0 aromatic heterocycles. The Labute approximate surface area is 101 Å². The van der Waals surface area contributed by atoms with Crippen molar-refractivity contribution >= 4 is 5.78 Å². The smallest absolute Gasteiger partial charge is 0.332 e. The molecule has 0 unspecified atom stereocenters. The normalized spacial score (nSPS) is 8.00. The summed E-state index contributed by atoms with van der Waals surface area (Å²) in [4.78, 5) is 10.5. The molecule has 77 valence electrons. The molecular formula is C13H12MnO. The van der Waals surface area contributed by atoms with Crippen LogP contribution in [0.3, 0.4) is 0 Å². The number of hydrogen-bond donors (Lipinski definition) is 0. The van der Waals surface area contributed by atoms with Gasteiger partial charge in [-0.1, -0.05) is 18.2 Å². The number of Topliss-reactive ketones (excluding diaryl/α,β-unsaturated/α-hetero) is 1. The van der Waals surface area contributed by atoms with Gasteiger partial charge in [-0.25, -0.2) is 12.1 Å². The Morgan fingerprint density at radius 3 is 1.80 bits per heavy atom. The Hall–Kier alpha value is -1.37. The summed E-state index contributed by atoms with van der Waals surface area (Å²) in [6.45, 7) is 3.27. The van der Waals surface area contributed by atoms with Gasteiger partial charge in [0.15, 0.2) is 0 Å². The van der Waals surface area contributed by atoms with Crippen molar-refractivity contribution in [3.8, 4) is 0 Å². The fraction of sp³-hybridized carbons (Fsp3) is 0. The van der Waals surface area contributed by atoms with E-state index in [1.807, 2.05) is 48.5 Å². The minimum absolute atomic E-state index is 0. The van der Waals surface area contributed by atoms with Gasteiger partial charge in [0.05, 0.1) is 0 Å². The first kappa shape index (κ1) is 13.6. The third kappa shape index (κ3) is 5.84. The minimum atomic E-state index is -0.129. The first-order chi connectivity index (χ1) is 6.80. The van der Waals surface area contributed by atoms with Gasteiger partial charge >= 0.3 is 17.1 Å². The molecule has 0 aliphatic rings. The van der Waals surface area contributed by atoms with Crippen molar-refractivity contribution in [2.24, 2.45) is 0 Å². The van der Waals surface area contributed by atoms with Crippen LogP contribution in [0, 0.1) is 6.92 Å². The van der Waals surface area contributed by atoms with Gasteiger partial charge in [-0.3, -0.25) is 0 Å². The summed E-state index contributed by atoms with van der Waals surface area (Å²) >= 11 is 0. The maximum Gasteiger partial charge on any atom is 2.00 e. The zero-order valence-electron chi connectivity index (χ0n) is 8.27. The van der Waals surface area contributed by atoms with Crippen molar-refractivity contribution in [1.82, 2.24) is 0 Å². The second kappa shape index (κ2) is 7.98. The molecule has 0 N–H and O–H groups in total. The van der Waals surface area contributed by atoms with Crippen LogP contribution in [0.15, 0.2) is 60.7 Å². The molecule has 0 heterocycles. The van der Waals surface area contributed by atoms with Gasteiger partial charge in [-0.15, -0.1) is 17.7 Å². The Balaban J connectivity index is 0.000000280. The van der Waals surface area contributed by atoms with Gasteiger partial charge in [0.25, 0.3) is 0 Å². The van der Waals surface area contributed by atoms with Crippen molar-refractivity contribution in [1.29, 1.82) is 0 Å². The molecule has 0 saturated carbocycles. The van der Waals surface area contributed by atoms with E-state index in [9.17, 15) is 4.79 Å². The number of hydrogen-bond acceptors (Lipinski definition) is 1. The summed E-state index contributed by atoms with van der Waals surface area (Å²) < 4.78 is 0. The van der Waals surface area contributed by atoms with Gasteiger partial charge in [-0.2, -0.15) is 25.1 Å². The van der Waals surface area contributed by atoms with Crippen LogP contribution < -0.4 is 0 Å². The van der Waals surface area contributed by atoms with Gasteiger partial charge in [0.2, 0.25) is 0 Å². The van der Waals surface area contributed by atoms with Crippen molar-refractivity contribution in [2.45, 2.75) is 0 Å². The van der Waals surface area contributed by atoms with Crippen molar-refractivity contribution in [3.05, 3.63) is 73.2 Å². The van der Waals surface area contributed by atoms with Crippen LogP contribution in [0.5, 0.6) is 0 Å². The van der Waals surface area contributed by atoms with Crippen LogP contribution in [0.2, 0.25) is 0 Å². The number of carbonyl (C=O) groups excluding carboxylic acids is 1. The number of carbonyl (C=O) groups is 1. The van der Waals surface area contributed by atoms with Crippen molar-refractivity contribution in [2.75, 3.05) is 0 Å². The van der Waals surface area contributed by atoms with Gasteiger partial charge in [0.1, 0.15) is 0 Å². The molecule has 2 aromatic rings. The standard InChI is InChI=1S/C8H7O.C5H5.Mn/c1-7(9)8-5-3-2-4-6-8;1-2-4-5-3-1;/h2-6H,1H2;1-5H;/q2*-1;+2. The molecular weight excluding hydrogens is 227 g/mol. The minimum Gasteiger partial charge on any atom is -0.332 e. The zero-order chi connectivity index (χ0) is 10.2. The van der Waals surface area contributed by atoms with E-state index < -0.39 is 0 Å². The summed E-state index contributed by atoms with van der Waals surface area (Å²) in [5.41, 5.74) is 0.664. The molecule has 2 heteroatoms. The van der Waals surface area contributed by atoms with Gasteiger partial charge in [0, 0.05) is 5.78 Å². The van der Waals surface area contributed by atoms with E-state index in [0.29, 0.717) is 5.56 Å². The largest absolute Gasteiger partial charge is 2.00 e. The van der Waals surface area contributed by atoms with Gasteiger partial charge < -0.3 is 4.79 Å². The van der Waals surface area contributed by atoms with E-state index in [0.717, 1.165) is 0 Å². The van der Waals surface area contributed by atoms with Crippen LogP contribution in [0.1, 0.15) is 10.4 Å². The molecule has 0 amide bonds. The maximum absolute atomic E-state index is 10.5. The summed E-state index contributed by atoms with van der Waals surface area (Å²) in [6.07, 6.45) is 0. The monoisotopic (exact) mass is 239 g/mol. The van der Waals surface area contributed by atoms with E-state index in [2.05, 4.69) is 6.92 Å². The fourth-order valence-electron chi connectivity index (χ4n) is 0.945. The predicted octanol–water partition coefficient (Wildman–Crippen LogP) is 3.11. The topological polar surface area (TPSA) is 17.1 Å². The van der Waals surface area contributed by atoms with Crippen LogP contribution in [-0.4, -0.2) is 5.78 Å². The molecule has 15 heavy (non-hydrogen) atoms. The molecule has 0 aliphatic heterocycles. The first-order valence-corrected chi connectivity index (χ1v) is 4.39. The third-order valence-electron chi connectivity index (χ3n) is 1.65. The Morgan fingerprint density at radius 2 is 1.53 bits per heavy atom. The van der Waals surface area contributed by atoms with Crippen LogP contribution >= 0.6 is 0 Å². The first-order valence-electron chi connectivity index (χ1n) is 4.39. The summed E-state index contributed by atoms with van der Waals surface area (Å²) in [5, 5.41) is 0. The number of ketones is 1. The van der Waals surface area contributed by atoms with Crippen LogP contribution in [-0.2, 0) is 17.1 Å². The quantitative estimate of drug-likeness (QED) is 0.424. The van der Waals surface area contributed by atoms with E-state index in [4.69, 9.17) is 0 Å². The summed E-state index contributed by atoms with van der Waals surface area (Å²) in [7, 11) is 0. The average molecular weight is 239 g/mol. The second-order valence-electron chi connectivity index (χ2n) is 2.75. The molecule has 1 radical (unpaired) electrons. The molecule has 0 fully saturated rings. The molecule has 0 saturated heterocycles. The van der Waals surface area contributed by atoms with Crippen LogP contribution in [0.4, 0.5) is 0 Å². The zero-order valence-corrected chi connectivity index (χ0v) is 9.45. The molecule has 0 bridgehead atoms. The summed E-state index contributed by atoms with van der Waals surface area (Å²) in [5.74, 6) is -0.129. The molecule has 1 nitrogen and oxygen atoms in total. The van der Waals surface area contributed by atoms with Crippen LogP contribution in [0.25, 0.3) is 0 Å². The Kier molecular flexibility index (Phi) is 7.25. The van der Waals surface area contributed by atoms with Crippen molar-refractivity contribution in [3.63, 3.8) is 0 Å². The van der Waals surface area contributed by atoms with E-state index in [1.165, 1.54) is 0 Å². The maximum atomic E-state index is 10.5. The molecule has 0 aliphatic carbocycles. The van der Waals surface area contributed by atoms with E-state index in [1.54, 1.807) is 12.1 Å². The predicted molar refractivity (Wildman–Crippen MR) is 58.2 cm³/mol. The second-order valence-corrected chi connectivity index (χ2v) is 2.75. The van der Waals surface area contributed by atoms with Gasteiger partial charge in [-0.05, 0) is 0 Å². The number of rotatable bonds is 1. The average Bonchev–Trinajstić information content (AvgIpc) is 2.77.